The van der Waals surface area contributed by atoms with E-state index in [2.05, 4.69) is 103 Å². The lowest BCUT2D eigenvalue weighted by atomic mass is 10.1. The van der Waals surface area contributed by atoms with Crippen LogP contribution in [-0.4, -0.2) is 143 Å². The zero-order valence-electron chi connectivity index (χ0n) is 46.1. The van der Waals surface area contributed by atoms with E-state index < -0.39 is 0 Å². The topological polar surface area (TPSA) is 181 Å². The van der Waals surface area contributed by atoms with Crippen LogP contribution in [0.25, 0.3) is 44.1 Å². The zero-order valence-corrected chi connectivity index (χ0v) is 46.8. The molecule has 1 amide bonds. The van der Waals surface area contributed by atoms with Gasteiger partial charge < -0.3 is 24.8 Å². The Morgan fingerprint density at radius 1 is 0.556 bits per heavy atom. The molecular weight excluding hydrogens is 1040 g/mol. The summed E-state index contributed by atoms with van der Waals surface area (Å²) < 4.78 is 8.85. The van der Waals surface area contributed by atoms with E-state index in [0.29, 0.717) is 10.7 Å². The fourth-order valence-electron chi connectivity index (χ4n) is 9.40. The Balaban J connectivity index is 0.000000129. The van der Waals surface area contributed by atoms with E-state index in [0.717, 1.165) is 129 Å². The number of aromatic nitrogens is 10. The number of ether oxygens (including phenoxy) is 1. The number of nitrogens with one attached hydrogen (secondary N) is 1. The summed E-state index contributed by atoms with van der Waals surface area (Å²) in [4.78, 5) is 56.4. The van der Waals surface area contributed by atoms with Crippen molar-refractivity contribution < 1.29 is 14.3 Å². The average molecular weight is 1110 g/mol. The smallest absolute Gasteiger partial charge is 0.410 e. The van der Waals surface area contributed by atoms with Crippen LogP contribution in [-0.2, 0) is 11.3 Å². The zero-order chi connectivity index (χ0) is 56.2. The summed E-state index contributed by atoms with van der Waals surface area (Å²) in [5, 5.41) is 15.4. The van der Waals surface area contributed by atoms with Gasteiger partial charge in [-0.25, -0.2) is 44.1 Å². The Morgan fingerprint density at radius 3 is 1.57 bits per heavy atom. The van der Waals surface area contributed by atoms with Crippen LogP contribution in [0.2, 0.25) is 5.15 Å². The molecule has 19 heteroatoms. The second-order valence-electron chi connectivity index (χ2n) is 20.4. The van der Waals surface area contributed by atoms with E-state index in [4.69, 9.17) is 16.3 Å². The molecule has 5 aromatic carbocycles. The van der Waals surface area contributed by atoms with Gasteiger partial charge in [0.25, 0.3) is 0 Å². The number of rotatable bonds is 7. The summed E-state index contributed by atoms with van der Waals surface area (Å²) in [6.07, 6.45) is 16.6. The Labute approximate surface area is 477 Å². The van der Waals surface area contributed by atoms with Gasteiger partial charge in [0.05, 0.1) is 45.9 Å². The van der Waals surface area contributed by atoms with Crippen molar-refractivity contribution in [2.24, 2.45) is 0 Å². The molecule has 0 radical (unpaired) electrons. The van der Waals surface area contributed by atoms with E-state index in [9.17, 15) is 9.59 Å². The van der Waals surface area contributed by atoms with Crippen molar-refractivity contribution in [3.05, 3.63) is 194 Å². The maximum absolute atomic E-state index is 11.5. The van der Waals surface area contributed by atoms with E-state index in [1.54, 1.807) is 34.6 Å². The lowest BCUT2D eigenvalue weighted by Gasteiger charge is -2.35. The normalized spacial score (nSPS) is 14.5. The molecule has 0 saturated carbocycles. The lowest BCUT2D eigenvalue weighted by molar-refractivity contribution is 0.0228. The SMILES string of the molecule is CC(C)(C)OC(=O)N1CCNCC1.Clc1ncnc2ccccc12.O=Cc1cnn(-c2ccccc2)c1.c1ccc(-n2cc(CN3CCN(c4ncnc5ccccc45)CC3)cn2)cc1.c1ccc2c(N3CCCCC3)ncnc2c1. The minimum absolute atomic E-state index is 0.200. The van der Waals surface area contributed by atoms with Crippen LogP contribution >= 0.6 is 11.6 Å². The van der Waals surface area contributed by atoms with Crippen LogP contribution in [0.1, 0.15) is 56.0 Å². The highest BCUT2D eigenvalue weighted by Gasteiger charge is 2.24. The number of piperidine rings is 1. The Kier molecular flexibility index (Phi) is 20.0. The molecule has 0 aliphatic carbocycles. The summed E-state index contributed by atoms with van der Waals surface area (Å²) in [5.41, 5.74) is 6.41. The van der Waals surface area contributed by atoms with Crippen LogP contribution < -0.4 is 15.1 Å². The number of nitrogens with zero attached hydrogens (tertiary/aromatic N) is 14. The van der Waals surface area contributed by atoms with E-state index in [1.165, 1.54) is 36.5 Å². The van der Waals surface area contributed by atoms with E-state index in [-0.39, 0.29) is 11.7 Å². The highest BCUT2D eigenvalue weighted by Crippen LogP contribution is 2.26. The predicted molar refractivity (Wildman–Crippen MR) is 320 cm³/mol. The molecular formula is C62H68ClN15O3. The fraction of sp³-hybridized carbons (Fsp3) is 0.290. The highest BCUT2D eigenvalue weighted by atomic mass is 35.5. The highest BCUT2D eigenvalue weighted by molar-refractivity contribution is 6.34. The van der Waals surface area contributed by atoms with Gasteiger partial charge in [0.15, 0.2) is 6.29 Å². The molecule has 10 aromatic rings. The van der Waals surface area contributed by atoms with Crippen LogP contribution in [0.5, 0.6) is 0 Å². The first kappa shape index (κ1) is 57.0. The minimum Gasteiger partial charge on any atom is -0.444 e. The van der Waals surface area contributed by atoms with E-state index in [1.807, 2.05) is 129 Å². The van der Waals surface area contributed by atoms with Crippen molar-refractivity contribution in [2.75, 3.05) is 75.2 Å². The Bertz CT molecular complexity index is 3540. The summed E-state index contributed by atoms with van der Waals surface area (Å²) in [7, 11) is 0. The molecule has 8 heterocycles. The first-order valence-corrected chi connectivity index (χ1v) is 27.8. The second kappa shape index (κ2) is 28.4. The molecule has 3 fully saturated rings. The van der Waals surface area contributed by atoms with Crippen molar-refractivity contribution in [1.82, 2.24) is 64.6 Å². The van der Waals surface area contributed by atoms with Gasteiger partial charge in [-0.2, -0.15) is 10.2 Å². The first-order chi connectivity index (χ1) is 39.6. The van der Waals surface area contributed by atoms with Crippen LogP contribution in [0, 0.1) is 0 Å². The number of amides is 1. The van der Waals surface area contributed by atoms with Gasteiger partial charge in [0.2, 0.25) is 0 Å². The quantitative estimate of drug-likeness (QED) is 0.117. The van der Waals surface area contributed by atoms with Crippen molar-refractivity contribution in [1.29, 1.82) is 0 Å². The van der Waals surface area contributed by atoms with Gasteiger partial charge in [-0.05, 0) is 101 Å². The molecule has 3 saturated heterocycles. The minimum atomic E-state index is -0.387. The number of benzene rings is 5. The molecule has 416 valence electrons. The van der Waals surface area contributed by atoms with Gasteiger partial charge >= 0.3 is 6.09 Å². The van der Waals surface area contributed by atoms with Gasteiger partial charge in [-0.3, -0.25) is 9.69 Å². The van der Waals surface area contributed by atoms with Gasteiger partial charge in [0, 0.05) is 106 Å². The molecule has 0 bridgehead atoms. The number of carbonyl (C=O) groups is 2. The maximum Gasteiger partial charge on any atom is 0.410 e. The second-order valence-corrected chi connectivity index (χ2v) is 20.8. The number of hydrogen-bond donors (Lipinski definition) is 1. The summed E-state index contributed by atoms with van der Waals surface area (Å²) in [6.45, 7) is 16.0. The maximum atomic E-state index is 11.5. The first-order valence-electron chi connectivity index (χ1n) is 27.4. The third kappa shape index (κ3) is 16.2. The Hall–Kier alpha value is -8.71. The average Bonchev–Trinajstić information content (AvgIpc) is 4.23. The summed E-state index contributed by atoms with van der Waals surface area (Å²) in [6, 6.07) is 44.0. The van der Waals surface area contributed by atoms with Crippen molar-refractivity contribution in [3.8, 4) is 11.4 Å². The van der Waals surface area contributed by atoms with Crippen molar-refractivity contribution in [3.63, 3.8) is 0 Å². The molecule has 0 spiro atoms. The Morgan fingerprint density at radius 2 is 1.04 bits per heavy atom. The molecule has 5 aromatic heterocycles. The molecule has 0 unspecified atom stereocenters. The number of para-hydroxylation sites is 5. The van der Waals surface area contributed by atoms with Crippen LogP contribution in [0.4, 0.5) is 16.4 Å². The lowest BCUT2D eigenvalue weighted by Crippen LogP contribution is -2.48. The molecule has 13 rings (SSSR count). The number of fused-ring (bicyclic) bond motifs is 3. The molecule has 3 aliphatic heterocycles. The number of aldehydes is 1. The summed E-state index contributed by atoms with van der Waals surface area (Å²) in [5.74, 6) is 2.15. The fourth-order valence-corrected chi connectivity index (χ4v) is 9.60. The number of piperazine rings is 2. The van der Waals surface area contributed by atoms with Crippen molar-refractivity contribution >= 4 is 68.3 Å². The van der Waals surface area contributed by atoms with Crippen molar-refractivity contribution in [2.45, 2.75) is 52.2 Å². The number of halogens is 1. The monoisotopic (exact) mass is 1110 g/mol. The van der Waals surface area contributed by atoms with Crippen LogP contribution in [0.3, 0.4) is 0 Å². The van der Waals surface area contributed by atoms with E-state index >= 15 is 0 Å². The standard InChI is InChI=1S/C22H22N6.C13H15N3.C10H8N2O.C9H18N2O2.C8H5ClN2/c1-2-6-19(7-3-1)28-16-18(14-25-28)15-26-10-12-27(13-11-26)22-20-8-4-5-9-21(20)23-17-24-22;1-4-8-16(9-5-1)13-11-6-2-3-7-12(11)14-10-15-13;13-8-9-6-11-12(7-9)10-4-2-1-3-5-10;1-9(2,3)13-8(12)11-6-4-10-5-7-11;9-8-6-3-1-2-4-7(6)10-5-11-8/h1-9,14,16-17H,10-13,15H2;2-3,6-7,10H,1,4-5,8-9H2;1-8H;10H,4-7H2,1-3H3;1-5H. The number of hydrogen-bond acceptors (Lipinski definition) is 15. The molecule has 1 N–H and O–H groups in total. The molecule has 3 aliphatic rings. The van der Waals surface area contributed by atoms with Crippen LogP contribution in [0.15, 0.2) is 177 Å². The summed E-state index contributed by atoms with van der Waals surface area (Å²) >= 11 is 5.81. The van der Waals surface area contributed by atoms with Gasteiger partial charge in [0.1, 0.15) is 41.4 Å². The third-order valence-corrected chi connectivity index (χ3v) is 13.8. The molecule has 18 nitrogen and oxygen atoms in total. The van der Waals surface area contributed by atoms with Gasteiger partial charge in [-0.1, -0.05) is 84.4 Å². The number of carbonyl (C=O) groups excluding carboxylic acids is 2. The largest absolute Gasteiger partial charge is 0.444 e. The van der Waals surface area contributed by atoms with Gasteiger partial charge in [-0.15, -0.1) is 0 Å². The predicted octanol–water partition coefficient (Wildman–Crippen LogP) is 10.6. The molecule has 81 heavy (non-hydrogen) atoms. The third-order valence-electron chi connectivity index (χ3n) is 13.5. The molecule has 0 atom stereocenters. The number of anilines is 2.